The van der Waals surface area contributed by atoms with Crippen LogP contribution in [0.4, 0.5) is 0 Å². The van der Waals surface area contributed by atoms with Crippen LogP contribution in [0, 0.1) is 6.92 Å². The Bertz CT molecular complexity index is 755. The number of aryl methyl sites for hydroxylation is 1. The third kappa shape index (κ3) is 2.74. The van der Waals surface area contributed by atoms with Crippen LogP contribution in [0.25, 0.3) is 11.5 Å². The van der Waals surface area contributed by atoms with Gasteiger partial charge in [0.15, 0.2) is 5.82 Å². The first-order chi connectivity index (χ1) is 10.3. The van der Waals surface area contributed by atoms with Gasteiger partial charge in [-0.25, -0.2) is 4.98 Å². The Morgan fingerprint density at radius 2 is 2.14 bits per heavy atom. The molecule has 0 fully saturated rings. The lowest BCUT2D eigenvalue weighted by molar-refractivity contribution is 0.392. The van der Waals surface area contributed by atoms with E-state index >= 15 is 0 Å². The van der Waals surface area contributed by atoms with Gasteiger partial charge in [-0.2, -0.15) is 4.98 Å². The summed E-state index contributed by atoms with van der Waals surface area (Å²) in [6.45, 7) is 1.95. The summed E-state index contributed by atoms with van der Waals surface area (Å²) in [5, 5.41) is 4.01. The van der Waals surface area contributed by atoms with Crippen molar-refractivity contribution in [1.82, 2.24) is 20.1 Å². The fourth-order valence-corrected chi connectivity index (χ4v) is 2.06. The second-order valence-electron chi connectivity index (χ2n) is 4.55. The molecule has 0 aliphatic heterocycles. The van der Waals surface area contributed by atoms with Gasteiger partial charge in [0.05, 0.1) is 7.11 Å². The summed E-state index contributed by atoms with van der Waals surface area (Å²) in [4.78, 5) is 12.6. The minimum absolute atomic E-state index is 0.493. The Morgan fingerprint density at radius 1 is 1.24 bits per heavy atom. The SMILES string of the molecule is COc1ncccc1Cc1noc(-c2ccncc2C)n1. The number of rotatable bonds is 4. The molecule has 3 aromatic rings. The van der Waals surface area contributed by atoms with Crippen molar-refractivity contribution in [3.63, 3.8) is 0 Å². The van der Waals surface area contributed by atoms with E-state index in [1.807, 2.05) is 25.1 Å². The van der Waals surface area contributed by atoms with E-state index < -0.39 is 0 Å². The Balaban J connectivity index is 1.87. The highest BCUT2D eigenvalue weighted by molar-refractivity contribution is 5.56. The number of hydrogen-bond donors (Lipinski definition) is 0. The van der Waals surface area contributed by atoms with Crippen molar-refractivity contribution < 1.29 is 9.26 Å². The molecule has 3 heterocycles. The molecule has 21 heavy (non-hydrogen) atoms. The third-order valence-corrected chi connectivity index (χ3v) is 3.11. The van der Waals surface area contributed by atoms with E-state index in [1.54, 1.807) is 25.7 Å². The summed E-state index contributed by atoms with van der Waals surface area (Å²) in [6.07, 6.45) is 5.66. The maximum absolute atomic E-state index is 5.33. The van der Waals surface area contributed by atoms with Gasteiger partial charge < -0.3 is 9.26 Å². The van der Waals surface area contributed by atoms with Gasteiger partial charge in [0.1, 0.15) is 0 Å². The minimum Gasteiger partial charge on any atom is -0.481 e. The van der Waals surface area contributed by atoms with E-state index in [2.05, 4.69) is 20.1 Å². The van der Waals surface area contributed by atoms with E-state index in [-0.39, 0.29) is 0 Å². The maximum atomic E-state index is 5.33. The number of pyridine rings is 2. The second-order valence-corrected chi connectivity index (χ2v) is 4.55. The van der Waals surface area contributed by atoms with Gasteiger partial charge in [-0.15, -0.1) is 0 Å². The molecule has 0 aliphatic carbocycles. The molecule has 0 aliphatic rings. The largest absolute Gasteiger partial charge is 0.481 e. The fraction of sp³-hybridized carbons (Fsp3) is 0.200. The third-order valence-electron chi connectivity index (χ3n) is 3.11. The lowest BCUT2D eigenvalue weighted by atomic mass is 10.1. The van der Waals surface area contributed by atoms with Crippen molar-refractivity contribution in [1.29, 1.82) is 0 Å². The normalized spacial score (nSPS) is 10.6. The van der Waals surface area contributed by atoms with E-state index in [0.29, 0.717) is 24.0 Å². The van der Waals surface area contributed by atoms with Crippen molar-refractivity contribution in [2.24, 2.45) is 0 Å². The topological polar surface area (TPSA) is 73.9 Å². The highest BCUT2D eigenvalue weighted by Crippen LogP contribution is 2.22. The zero-order chi connectivity index (χ0) is 14.7. The summed E-state index contributed by atoms with van der Waals surface area (Å²) in [5.74, 6) is 1.66. The van der Waals surface area contributed by atoms with Crippen LogP contribution in [0.2, 0.25) is 0 Å². The Morgan fingerprint density at radius 3 is 2.95 bits per heavy atom. The quantitative estimate of drug-likeness (QED) is 0.731. The molecule has 0 saturated heterocycles. The Hall–Kier alpha value is -2.76. The van der Waals surface area contributed by atoms with Crippen molar-refractivity contribution in [2.75, 3.05) is 7.11 Å². The summed E-state index contributed by atoms with van der Waals surface area (Å²) >= 11 is 0. The van der Waals surface area contributed by atoms with Crippen molar-refractivity contribution in [3.05, 3.63) is 53.7 Å². The highest BCUT2D eigenvalue weighted by atomic mass is 16.5. The molecular formula is C15H14N4O2. The molecule has 3 rings (SSSR count). The van der Waals surface area contributed by atoms with Crippen LogP contribution in [0.15, 0.2) is 41.3 Å². The first-order valence-electron chi connectivity index (χ1n) is 6.49. The van der Waals surface area contributed by atoms with Gasteiger partial charge in [0.25, 0.3) is 5.89 Å². The molecule has 0 bridgehead atoms. The second kappa shape index (κ2) is 5.70. The lowest BCUT2D eigenvalue weighted by Gasteiger charge is -2.03. The standard InChI is InChI=1S/C15H14N4O2/c1-10-9-16-7-5-12(10)15-18-13(19-21-15)8-11-4-3-6-17-14(11)20-2/h3-7,9H,8H2,1-2H3. The van der Waals surface area contributed by atoms with E-state index in [9.17, 15) is 0 Å². The summed E-state index contributed by atoms with van der Waals surface area (Å²) < 4.78 is 10.5. The zero-order valence-corrected chi connectivity index (χ0v) is 11.8. The van der Waals surface area contributed by atoms with Gasteiger partial charge in [0, 0.05) is 36.1 Å². The average Bonchev–Trinajstić information content (AvgIpc) is 2.96. The predicted octanol–water partition coefficient (Wildman–Crippen LogP) is 2.43. The van der Waals surface area contributed by atoms with Gasteiger partial charge in [-0.3, -0.25) is 4.98 Å². The number of ether oxygens (including phenoxy) is 1. The lowest BCUT2D eigenvalue weighted by Crippen LogP contribution is -1.97. The molecule has 0 saturated carbocycles. The molecule has 0 aromatic carbocycles. The minimum atomic E-state index is 0.493. The number of methoxy groups -OCH3 is 1. The van der Waals surface area contributed by atoms with Crippen LogP contribution in [-0.2, 0) is 6.42 Å². The summed E-state index contributed by atoms with van der Waals surface area (Å²) in [6, 6.07) is 5.64. The molecular weight excluding hydrogens is 268 g/mol. The predicted molar refractivity (Wildman–Crippen MR) is 75.9 cm³/mol. The van der Waals surface area contributed by atoms with E-state index in [0.717, 1.165) is 16.7 Å². The van der Waals surface area contributed by atoms with E-state index in [4.69, 9.17) is 9.26 Å². The maximum Gasteiger partial charge on any atom is 0.258 e. The first kappa shape index (κ1) is 13.2. The van der Waals surface area contributed by atoms with Crippen molar-refractivity contribution >= 4 is 0 Å². The summed E-state index contributed by atoms with van der Waals surface area (Å²) in [7, 11) is 1.59. The van der Waals surface area contributed by atoms with Crippen LogP contribution < -0.4 is 4.74 Å². The highest BCUT2D eigenvalue weighted by Gasteiger charge is 2.13. The van der Waals surface area contributed by atoms with Crippen LogP contribution in [0.5, 0.6) is 5.88 Å². The van der Waals surface area contributed by atoms with Crippen LogP contribution in [0.1, 0.15) is 17.0 Å². The van der Waals surface area contributed by atoms with Crippen LogP contribution in [-0.4, -0.2) is 27.2 Å². The van der Waals surface area contributed by atoms with Gasteiger partial charge in [-0.1, -0.05) is 11.2 Å². The van der Waals surface area contributed by atoms with Gasteiger partial charge in [-0.05, 0) is 24.6 Å². The smallest absolute Gasteiger partial charge is 0.258 e. The molecule has 0 radical (unpaired) electrons. The van der Waals surface area contributed by atoms with Crippen LogP contribution in [0.3, 0.4) is 0 Å². The fourth-order valence-electron chi connectivity index (χ4n) is 2.06. The van der Waals surface area contributed by atoms with Gasteiger partial charge >= 0.3 is 0 Å². The molecule has 3 aromatic heterocycles. The molecule has 0 amide bonds. The molecule has 106 valence electrons. The van der Waals surface area contributed by atoms with Crippen LogP contribution >= 0.6 is 0 Å². The Labute approximate surface area is 121 Å². The average molecular weight is 282 g/mol. The molecule has 0 spiro atoms. The molecule has 6 heteroatoms. The molecule has 0 N–H and O–H groups in total. The van der Waals surface area contributed by atoms with Crippen molar-refractivity contribution in [3.8, 4) is 17.3 Å². The summed E-state index contributed by atoms with van der Waals surface area (Å²) in [5.41, 5.74) is 2.80. The van der Waals surface area contributed by atoms with Crippen molar-refractivity contribution in [2.45, 2.75) is 13.3 Å². The Kier molecular flexibility index (Phi) is 3.59. The first-order valence-corrected chi connectivity index (χ1v) is 6.49. The number of nitrogens with zero attached hydrogens (tertiary/aromatic N) is 4. The van der Waals surface area contributed by atoms with E-state index in [1.165, 1.54) is 0 Å². The molecule has 6 nitrogen and oxygen atoms in total. The zero-order valence-electron chi connectivity index (χ0n) is 11.8. The van der Waals surface area contributed by atoms with Gasteiger partial charge in [0.2, 0.25) is 5.88 Å². The number of hydrogen-bond acceptors (Lipinski definition) is 6. The molecule has 0 atom stereocenters. The molecule has 0 unspecified atom stereocenters. The number of aromatic nitrogens is 4. The monoisotopic (exact) mass is 282 g/mol.